The number of fused-ring (bicyclic) bond motifs is 13. The summed E-state index contributed by atoms with van der Waals surface area (Å²) >= 11 is 1.72. The summed E-state index contributed by atoms with van der Waals surface area (Å²) in [5.41, 5.74) is 20.2. The molecule has 14 aromatic carbocycles. The second-order valence-electron chi connectivity index (χ2n) is 35.2. The molecular formula is C105H94N4S. The largest absolute Gasteiger partial charge is 0.309 e. The van der Waals surface area contributed by atoms with Crippen molar-refractivity contribution in [2.24, 2.45) is 0 Å². The molecule has 5 heterocycles. The molecule has 1 unspecified atom stereocenters. The lowest BCUT2D eigenvalue weighted by atomic mass is 9.74. The number of hydrogen-bond donors (Lipinski definition) is 0. The summed E-state index contributed by atoms with van der Waals surface area (Å²) in [6, 6.07) is 69.4. The van der Waals surface area contributed by atoms with E-state index in [0.717, 1.165) is 126 Å². The average Bonchev–Trinajstić information content (AvgIpc) is 1.60. The van der Waals surface area contributed by atoms with Crippen LogP contribution in [-0.4, -0.2) is 9.13 Å². The third kappa shape index (κ3) is 11.2. The number of nitrogens with zero attached hydrogens (tertiary/aromatic N) is 4. The fourth-order valence-corrected chi connectivity index (χ4v) is 18.3. The number of aromatic nitrogens is 2. The first-order valence-corrected chi connectivity index (χ1v) is 39.1. The lowest BCUT2D eigenvalue weighted by Crippen LogP contribution is -2.30. The van der Waals surface area contributed by atoms with E-state index < -0.39 is 77.8 Å². The Kier molecular flexibility index (Phi) is 12.7. The highest BCUT2D eigenvalue weighted by molar-refractivity contribution is 7.26. The van der Waals surface area contributed by atoms with E-state index in [-0.39, 0.29) is 61.1 Å². The van der Waals surface area contributed by atoms with E-state index in [9.17, 15) is 16.4 Å². The summed E-state index contributed by atoms with van der Waals surface area (Å²) in [5.74, 6) is -0.696. The topological polar surface area (TPSA) is 16.3 Å². The van der Waals surface area contributed by atoms with Crippen molar-refractivity contribution in [3.05, 3.63) is 335 Å². The van der Waals surface area contributed by atoms with Crippen molar-refractivity contribution in [2.75, 3.05) is 9.80 Å². The van der Waals surface area contributed by atoms with Crippen molar-refractivity contribution in [1.29, 1.82) is 0 Å². The summed E-state index contributed by atoms with van der Waals surface area (Å²) in [6.07, 6.45) is 0. The van der Waals surface area contributed by atoms with Crippen LogP contribution in [0.4, 0.5) is 34.1 Å². The van der Waals surface area contributed by atoms with Crippen LogP contribution >= 0.6 is 11.3 Å². The minimum Gasteiger partial charge on any atom is -0.309 e. The Morgan fingerprint density at radius 2 is 0.727 bits per heavy atom. The maximum absolute atomic E-state index is 10.2. The zero-order valence-electron chi connectivity index (χ0n) is 78.0. The van der Waals surface area contributed by atoms with Gasteiger partial charge in [-0.1, -0.05) is 310 Å². The highest BCUT2D eigenvalue weighted by Crippen LogP contribution is 2.65. The molecule has 0 saturated heterocycles. The number of rotatable bonds is 8. The molecular weight excluding hydrogens is 1350 g/mol. The van der Waals surface area contributed by atoms with Gasteiger partial charge >= 0.3 is 0 Å². The van der Waals surface area contributed by atoms with Crippen LogP contribution in [0, 0.1) is 0 Å². The molecule has 0 saturated carbocycles. The van der Waals surface area contributed by atoms with E-state index in [1.165, 1.54) is 11.1 Å². The Morgan fingerprint density at radius 1 is 0.282 bits per heavy atom. The maximum atomic E-state index is 10.2. The van der Waals surface area contributed by atoms with Crippen molar-refractivity contribution >= 4 is 109 Å². The van der Waals surface area contributed by atoms with Gasteiger partial charge < -0.3 is 18.9 Å². The van der Waals surface area contributed by atoms with Crippen molar-refractivity contribution in [1.82, 2.24) is 9.13 Å². The van der Waals surface area contributed by atoms with E-state index in [1.54, 1.807) is 15.9 Å². The fourth-order valence-electron chi connectivity index (χ4n) is 17.0. The standard InChI is InChI=1S/C105H94N4S/c1-101(2,3)70-47-51-88-84(58-70)85-59-71(102(4,5)6)48-52-89(85)107(88)90-43-29-39-78-79-40-30-44-91(100(79)110-99(78)90)108-92-56-68(69-53-72(103(7,8)9)57-73(54-69)104(10,11)12)46-50-80(92)96-81-49-45-67(64-31-19-16-20-32-64)55-93(81)109(95-63-75(62-94(108)97(95)96)106-86-41-27-25-37-76(86)77-38-26-28-42-87(77)106)98-82(65-33-21-17-22-34-65)60-74(105(13,14)15)61-83(98)66-35-23-18-24-36-66/h16-63,96H,1-15H3/i16D,19D,20D,25D,26D,27D,28D,31D,32D,37D,38D,41D,42D. The Bertz CT molecular complexity index is 7180. The summed E-state index contributed by atoms with van der Waals surface area (Å²) in [6.45, 7) is 33.6. The van der Waals surface area contributed by atoms with Gasteiger partial charge in [-0.15, -0.1) is 11.3 Å². The van der Waals surface area contributed by atoms with Crippen LogP contribution in [0.5, 0.6) is 0 Å². The monoisotopic (exact) mass is 1460 g/mol. The van der Waals surface area contributed by atoms with Gasteiger partial charge in [0, 0.05) is 54.9 Å². The number of hydrogen-bond acceptors (Lipinski definition) is 3. The predicted molar refractivity (Wildman–Crippen MR) is 474 cm³/mol. The third-order valence-corrected chi connectivity index (χ3v) is 24.2. The lowest BCUT2D eigenvalue weighted by molar-refractivity contribution is 0.569. The van der Waals surface area contributed by atoms with Crippen LogP contribution < -0.4 is 9.80 Å². The average molecular weight is 1460 g/mol. The van der Waals surface area contributed by atoms with Gasteiger partial charge in [0.15, 0.2) is 0 Å². The van der Waals surface area contributed by atoms with E-state index in [2.05, 4.69) is 276 Å². The van der Waals surface area contributed by atoms with Crippen LogP contribution in [0.15, 0.2) is 291 Å². The zero-order valence-corrected chi connectivity index (χ0v) is 65.8. The number of anilines is 6. The quantitative estimate of drug-likeness (QED) is 0.151. The summed E-state index contributed by atoms with van der Waals surface area (Å²) < 4.78 is 131. The van der Waals surface area contributed by atoms with Crippen LogP contribution in [0.1, 0.15) is 172 Å². The molecule has 4 nitrogen and oxygen atoms in total. The molecule has 2 aliphatic heterocycles. The Morgan fingerprint density at radius 3 is 1.24 bits per heavy atom. The molecule has 1 atom stereocenters. The second-order valence-corrected chi connectivity index (χ2v) is 36.3. The van der Waals surface area contributed by atoms with E-state index in [1.807, 2.05) is 54.6 Å². The highest BCUT2D eigenvalue weighted by atomic mass is 32.1. The maximum Gasteiger partial charge on any atom is 0.0645 e. The van der Waals surface area contributed by atoms with Gasteiger partial charge in [0.05, 0.1) is 94.8 Å². The van der Waals surface area contributed by atoms with Crippen LogP contribution in [-0.2, 0) is 27.1 Å². The first kappa shape index (κ1) is 55.8. The molecule has 0 N–H and O–H groups in total. The fraction of sp³-hybridized carbons (Fsp3) is 0.200. The van der Waals surface area contributed by atoms with Crippen molar-refractivity contribution in [2.45, 2.75) is 137 Å². The van der Waals surface area contributed by atoms with Crippen LogP contribution in [0.25, 0.3) is 120 Å². The third-order valence-electron chi connectivity index (χ3n) is 23.0. The van der Waals surface area contributed by atoms with Crippen molar-refractivity contribution in [3.63, 3.8) is 0 Å². The zero-order chi connectivity index (χ0) is 87.1. The van der Waals surface area contributed by atoms with Gasteiger partial charge in [0.2, 0.25) is 0 Å². The van der Waals surface area contributed by atoms with Gasteiger partial charge in [0.25, 0.3) is 0 Å². The first-order chi connectivity index (χ1) is 58.1. The minimum atomic E-state index is -0.696. The number of para-hydroxylation sites is 2. The molecule has 0 radical (unpaired) electrons. The second kappa shape index (κ2) is 25.0. The molecule has 19 rings (SSSR count). The molecule has 110 heavy (non-hydrogen) atoms. The molecule has 0 bridgehead atoms. The molecule has 5 heteroatoms. The van der Waals surface area contributed by atoms with E-state index in [4.69, 9.17) is 1.37 Å². The smallest absolute Gasteiger partial charge is 0.0645 e. The molecule has 0 fully saturated rings. The lowest BCUT2D eigenvalue weighted by Gasteiger charge is -2.46. The first-order valence-electron chi connectivity index (χ1n) is 44.8. The summed E-state index contributed by atoms with van der Waals surface area (Å²) in [5, 5.41) is 4.21. The van der Waals surface area contributed by atoms with Crippen molar-refractivity contribution < 1.29 is 17.8 Å². The minimum absolute atomic E-state index is 0.00115. The molecule has 17 aromatic rings. The Hall–Kier alpha value is -11.5. The van der Waals surface area contributed by atoms with Crippen LogP contribution in [0.3, 0.4) is 0 Å². The molecule has 3 aromatic heterocycles. The van der Waals surface area contributed by atoms with Crippen molar-refractivity contribution in [3.8, 4) is 55.9 Å². The van der Waals surface area contributed by atoms with E-state index in [0.29, 0.717) is 34.0 Å². The molecule has 2 aliphatic rings. The molecule has 0 spiro atoms. The van der Waals surface area contributed by atoms with E-state index >= 15 is 0 Å². The summed E-state index contributed by atoms with van der Waals surface area (Å²) in [4.78, 5) is 4.62. The van der Waals surface area contributed by atoms with Gasteiger partial charge in [0.1, 0.15) is 0 Å². The SMILES string of the molecule is [2H]c1c([2H])c([2H])c(-c2ccc3c(c2)N(c2c(-c4ccccc4)cc(C(C)(C)C)cc2-c2ccccc2)c2cc(-n4c5c([2H])c([2H])c([2H])c([2H])c5c5c([2H])c([2H])c([2H])c([2H])c54)cc4c2C3c2ccc(-c3cc(C(C)(C)C)cc(C(C)(C)C)c3)cc2N4c2cccc3c2sc2c(-n4c5ccc(C(C)(C)C)cc5c5cc(C(C)(C)C)ccc54)cccc23)c([2H])c1[2H]. The summed E-state index contributed by atoms with van der Waals surface area (Å²) in [7, 11) is 0. The van der Waals surface area contributed by atoms with Gasteiger partial charge in [-0.25, -0.2) is 0 Å². The Labute approximate surface area is 670 Å². The normalized spacial score (nSPS) is 15.7. The molecule has 0 amide bonds. The number of thiophene rings is 1. The van der Waals surface area contributed by atoms with Crippen LogP contribution in [0.2, 0.25) is 0 Å². The highest BCUT2D eigenvalue weighted by Gasteiger charge is 2.44. The Balaban J connectivity index is 1.02. The number of benzene rings is 14. The molecule has 0 aliphatic carbocycles. The van der Waals surface area contributed by atoms with Gasteiger partial charge in [-0.3, -0.25) is 0 Å². The van der Waals surface area contributed by atoms with Gasteiger partial charge in [-0.05, 0) is 184 Å². The van der Waals surface area contributed by atoms with Gasteiger partial charge in [-0.2, -0.15) is 0 Å². The predicted octanol–water partition coefficient (Wildman–Crippen LogP) is 30.2. The molecule has 540 valence electrons.